The predicted octanol–water partition coefficient (Wildman–Crippen LogP) is 14.8. The van der Waals surface area contributed by atoms with Crippen molar-refractivity contribution in [3.05, 3.63) is 148 Å². The number of fused-ring (bicyclic) bond motifs is 4. The lowest BCUT2D eigenvalue weighted by Gasteiger charge is -2.44. The molecular formula is C51H60N2. The van der Waals surface area contributed by atoms with Crippen molar-refractivity contribution >= 4 is 39.7 Å². The number of anilines is 6. The van der Waals surface area contributed by atoms with Crippen LogP contribution >= 0.6 is 0 Å². The van der Waals surface area contributed by atoms with Crippen LogP contribution in [0.3, 0.4) is 0 Å². The van der Waals surface area contributed by atoms with Crippen LogP contribution < -0.4 is 9.80 Å². The molecule has 2 aliphatic rings. The predicted molar refractivity (Wildman–Crippen MR) is 231 cm³/mol. The van der Waals surface area contributed by atoms with Gasteiger partial charge in [0.25, 0.3) is 0 Å². The Kier molecular flexibility index (Phi) is 8.31. The zero-order valence-corrected chi connectivity index (χ0v) is 34.8. The summed E-state index contributed by atoms with van der Waals surface area (Å²) in [6.45, 7) is 37.2. The first-order valence-electron chi connectivity index (χ1n) is 19.5. The molecule has 0 saturated carbocycles. The Bertz CT molecular complexity index is 2130. The first kappa shape index (κ1) is 36.8. The SMILES string of the molecule is C=C1c2cc(C(C)(C)C)ccc2N(c2cccc(N3c4ccc(C(C)(C)C)cc4C(C)(C)c4cc(C(C)(C)C)ccc43)c2)c2ccc(C(C)(C)C)cc21. The number of rotatable bonds is 2. The van der Waals surface area contributed by atoms with E-state index in [1.165, 1.54) is 67.3 Å². The van der Waals surface area contributed by atoms with E-state index in [1.807, 2.05) is 0 Å². The summed E-state index contributed by atoms with van der Waals surface area (Å²) in [6.07, 6.45) is 0. The Morgan fingerprint density at radius 3 is 1.09 bits per heavy atom. The molecular weight excluding hydrogens is 641 g/mol. The van der Waals surface area contributed by atoms with Crippen molar-refractivity contribution < 1.29 is 0 Å². The second kappa shape index (κ2) is 12.0. The van der Waals surface area contributed by atoms with Crippen LogP contribution in [-0.4, -0.2) is 0 Å². The minimum absolute atomic E-state index is 0.0239. The molecule has 2 nitrogen and oxygen atoms in total. The van der Waals surface area contributed by atoms with Gasteiger partial charge in [-0.25, -0.2) is 0 Å². The zero-order valence-electron chi connectivity index (χ0n) is 34.8. The molecule has 2 heterocycles. The molecule has 0 unspecified atom stereocenters. The quantitative estimate of drug-likeness (QED) is 0.177. The van der Waals surface area contributed by atoms with Crippen molar-refractivity contribution in [2.75, 3.05) is 9.80 Å². The van der Waals surface area contributed by atoms with Gasteiger partial charge in [0.15, 0.2) is 0 Å². The molecule has 0 saturated heterocycles. The number of nitrogens with zero attached hydrogens (tertiary/aromatic N) is 2. The summed E-state index contributed by atoms with van der Waals surface area (Å²) in [5, 5.41) is 0. The van der Waals surface area contributed by atoms with Crippen molar-refractivity contribution in [1.82, 2.24) is 0 Å². The topological polar surface area (TPSA) is 6.48 Å². The van der Waals surface area contributed by atoms with E-state index in [0.717, 1.165) is 16.9 Å². The normalized spacial score (nSPS) is 15.5. The molecule has 0 radical (unpaired) electrons. The third-order valence-corrected chi connectivity index (χ3v) is 11.8. The smallest absolute Gasteiger partial charge is 0.0540 e. The van der Waals surface area contributed by atoms with Gasteiger partial charge < -0.3 is 9.80 Å². The minimum Gasteiger partial charge on any atom is -0.310 e. The third kappa shape index (κ3) is 6.23. The van der Waals surface area contributed by atoms with Crippen molar-refractivity contribution in [1.29, 1.82) is 0 Å². The highest BCUT2D eigenvalue weighted by atomic mass is 15.2. The van der Waals surface area contributed by atoms with Gasteiger partial charge in [0, 0.05) is 27.9 Å². The van der Waals surface area contributed by atoms with E-state index in [9.17, 15) is 0 Å². The lowest BCUT2D eigenvalue weighted by Crippen LogP contribution is -2.32. The molecule has 7 rings (SSSR count). The van der Waals surface area contributed by atoms with Gasteiger partial charge in [-0.05, 0) is 115 Å². The number of hydrogen-bond acceptors (Lipinski definition) is 2. The summed E-state index contributed by atoms with van der Waals surface area (Å²) in [5.74, 6) is 0. The van der Waals surface area contributed by atoms with E-state index in [4.69, 9.17) is 6.58 Å². The fourth-order valence-electron chi connectivity index (χ4n) is 8.15. The Balaban J connectivity index is 1.47. The summed E-state index contributed by atoms with van der Waals surface area (Å²) in [7, 11) is 0. The number of benzene rings is 5. The average Bonchev–Trinajstić information content (AvgIpc) is 3.06. The fourth-order valence-corrected chi connectivity index (χ4v) is 8.15. The van der Waals surface area contributed by atoms with Crippen molar-refractivity contribution in [3.63, 3.8) is 0 Å². The van der Waals surface area contributed by atoms with E-state index < -0.39 is 0 Å². The van der Waals surface area contributed by atoms with Gasteiger partial charge in [0.1, 0.15) is 0 Å². The Morgan fingerprint density at radius 2 is 0.736 bits per heavy atom. The lowest BCUT2D eigenvalue weighted by atomic mass is 9.70. The largest absolute Gasteiger partial charge is 0.310 e. The highest BCUT2D eigenvalue weighted by molar-refractivity contribution is 6.01. The fraction of sp³-hybridized carbons (Fsp3) is 0.373. The monoisotopic (exact) mass is 700 g/mol. The van der Waals surface area contributed by atoms with Gasteiger partial charge in [-0.3, -0.25) is 0 Å². The minimum atomic E-state index is -0.179. The molecule has 0 bridgehead atoms. The van der Waals surface area contributed by atoms with Gasteiger partial charge in [0.05, 0.1) is 22.7 Å². The highest BCUT2D eigenvalue weighted by Gasteiger charge is 2.39. The van der Waals surface area contributed by atoms with Gasteiger partial charge in [-0.15, -0.1) is 0 Å². The Labute approximate surface area is 320 Å². The van der Waals surface area contributed by atoms with E-state index in [-0.39, 0.29) is 27.1 Å². The maximum absolute atomic E-state index is 4.74. The summed E-state index contributed by atoms with van der Waals surface area (Å²) in [4.78, 5) is 4.97. The first-order chi connectivity index (χ1) is 24.5. The molecule has 0 N–H and O–H groups in total. The van der Waals surface area contributed by atoms with Crippen LogP contribution in [0.2, 0.25) is 0 Å². The summed E-state index contributed by atoms with van der Waals surface area (Å²) >= 11 is 0. The lowest BCUT2D eigenvalue weighted by molar-refractivity contribution is 0.573. The van der Waals surface area contributed by atoms with Crippen molar-refractivity contribution in [2.24, 2.45) is 0 Å². The Morgan fingerprint density at radius 1 is 0.415 bits per heavy atom. The molecule has 0 amide bonds. The second-order valence-electron chi connectivity index (χ2n) is 20.2. The Hall–Kier alpha value is -4.56. The molecule has 0 atom stereocenters. The average molecular weight is 701 g/mol. The van der Waals surface area contributed by atoms with Crippen LogP contribution in [0.4, 0.5) is 34.1 Å². The molecule has 0 aromatic heterocycles. The van der Waals surface area contributed by atoms with Crippen LogP contribution in [0.25, 0.3) is 5.57 Å². The molecule has 274 valence electrons. The second-order valence-corrected chi connectivity index (χ2v) is 20.2. The summed E-state index contributed by atoms with van der Waals surface area (Å²) < 4.78 is 0. The molecule has 2 heteroatoms. The van der Waals surface area contributed by atoms with E-state index >= 15 is 0 Å². The highest BCUT2D eigenvalue weighted by Crippen LogP contribution is 2.55. The van der Waals surface area contributed by atoms with Crippen LogP contribution in [0.15, 0.2) is 104 Å². The van der Waals surface area contributed by atoms with Crippen molar-refractivity contribution in [3.8, 4) is 0 Å². The first-order valence-corrected chi connectivity index (χ1v) is 19.5. The molecule has 0 spiro atoms. The third-order valence-electron chi connectivity index (χ3n) is 11.8. The molecule has 5 aromatic carbocycles. The van der Waals surface area contributed by atoms with Gasteiger partial charge >= 0.3 is 0 Å². The van der Waals surface area contributed by atoms with Gasteiger partial charge in [-0.2, -0.15) is 0 Å². The zero-order chi connectivity index (χ0) is 38.6. The molecule has 2 aliphatic heterocycles. The standard InChI is InChI=1S/C51H60N2/c1-32-39-27-33(47(2,3)4)19-23-43(39)52(44-24-20-34(28-40(32)44)48(5,6)7)37-17-16-18-38(31-37)53-45-25-21-35(49(8,9)10)29-41(45)51(14,15)42-30-36(50(11,12)13)22-26-46(42)53/h16-31H,1H2,2-15H3. The molecule has 5 aromatic rings. The van der Waals surface area contributed by atoms with E-state index in [1.54, 1.807) is 0 Å². The van der Waals surface area contributed by atoms with Crippen molar-refractivity contribution in [2.45, 2.75) is 124 Å². The molecule has 0 fully saturated rings. The maximum atomic E-state index is 4.74. The van der Waals surface area contributed by atoms with Crippen LogP contribution in [0.5, 0.6) is 0 Å². The van der Waals surface area contributed by atoms with Gasteiger partial charge in [-0.1, -0.05) is 146 Å². The maximum Gasteiger partial charge on any atom is 0.0540 e. The van der Waals surface area contributed by atoms with Crippen LogP contribution in [0, 0.1) is 0 Å². The van der Waals surface area contributed by atoms with Crippen LogP contribution in [-0.2, 0) is 27.1 Å². The molecule has 53 heavy (non-hydrogen) atoms. The van der Waals surface area contributed by atoms with E-state index in [2.05, 4.69) is 204 Å². The van der Waals surface area contributed by atoms with Gasteiger partial charge in [0.2, 0.25) is 0 Å². The number of hydrogen-bond donors (Lipinski definition) is 0. The van der Waals surface area contributed by atoms with Crippen LogP contribution in [0.1, 0.15) is 141 Å². The summed E-state index contributed by atoms with van der Waals surface area (Å²) in [5.41, 5.74) is 18.6. The summed E-state index contributed by atoms with van der Waals surface area (Å²) in [6, 6.07) is 37.5. The van der Waals surface area contributed by atoms with E-state index in [0.29, 0.717) is 0 Å². The molecule has 0 aliphatic carbocycles.